The summed E-state index contributed by atoms with van der Waals surface area (Å²) in [5.74, 6) is 0.166. The number of nitrogens with two attached hydrogens (primary N) is 1. The van der Waals surface area contributed by atoms with Crippen LogP contribution in [0.4, 0.5) is 0 Å². The fraction of sp³-hybridized carbons (Fsp3) is 0.571. The van der Waals surface area contributed by atoms with Crippen LogP contribution in [0.2, 0.25) is 0 Å². The highest BCUT2D eigenvalue weighted by Crippen LogP contribution is 2.36. The summed E-state index contributed by atoms with van der Waals surface area (Å²) in [6.45, 7) is 6.13. The van der Waals surface area contributed by atoms with Crippen LogP contribution in [0.3, 0.4) is 0 Å². The van der Waals surface area contributed by atoms with Crippen LogP contribution < -0.4 is 5.73 Å². The van der Waals surface area contributed by atoms with Crippen molar-refractivity contribution in [1.82, 2.24) is 9.88 Å². The second kappa shape index (κ2) is 5.21. The molecule has 0 radical (unpaired) electrons. The standard InChI is InChI=1S/C14H20BrN3O/c1-14(2,3)18-12(19)5-4-11(16)13(18)9-6-10(15)8-17-7-9/h6-8,11,13H,4-5,16H2,1-3H3. The minimum Gasteiger partial charge on any atom is -0.329 e. The second-order valence-electron chi connectivity index (χ2n) is 6.02. The number of carbonyl (C=O) groups is 1. The molecule has 1 saturated heterocycles. The van der Waals surface area contributed by atoms with E-state index in [2.05, 4.69) is 20.9 Å². The predicted molar refractivity (Wildman–Crippen MR) is 78.5 cm³/mol. The average molecular weight is 326 g/mol. The fourth-order valence-electron chi connectivity index (χ4n) is 2.69. The van der Waals surface area contributed by atoms with Gasteiger partial charge in [0.1, 0.15) is 0 Å². The first-order valence-corrected chi connectivity index (χ1v) is 7.28. The Morgan fingerprint density at radius 2 is 2.11 bits per heavy atom. The highest BCUT2D eigenvalue weighted by molar-refractivity contribution is 9.10. The summed E-state index contributed by atoms with van der Waals surface area (Å²) in [5, 5.41) is 0. The number of carbonyl (C=O) groups excluding carboxylic acids is 1. The summed E-state index contributed by atoms with van der Waals surface area (Å²) in [4.78, 5) is 18.4. The van der Waals surface area contributed by atoms with Crippen molar-refractivity contribution in [3.05, 3.63) is 28.5 Å². The van der Waals surface area contributed by atoms with Crippen LogP contribution in [-0.4, -0.2) is 27.4 Å². The van der Waals surface area contributed by atoms with Crippen molar-refractivity contribution in [2.45, 2.75) is 51.2 Å². The van der Waals surface area contributed by atoms with Crippen LogP contribution >= 0.6 is 15.9 Å². The zero-order chi connectivity index (χ0) is 14.2. The zero-order valence-electron chi connectivity index (χ0n) is 11.6. The van der Waals surface area contributed by atoms with E-state index < -0.39 is 0 Å². The smallest absolute Gasteiger partial charge is 0.223 e. The lowest BCUT2D eigenvalue weighted by atomic mass is 9.87. The molecule has 0 bridgehead atoms. The summed E-state index contributed by atoms with van der Waals surface area (Å²) in [6, 6.07) is 1.84. The molecule has 1 aromatic rings. The molecular formula is C14H20BrN3O. The van der Waals surface area contributed by atoms with E-state index >= 15 is 0 Å². The van der Waals surface area contributed by atoms with Crippen molar-refractivity contribution in [3.63, 3.8) is 0 Å². The molecule has 2 heterocycles. The second-order valence-corrected chi connectivity index (χ2v) is 6.93. The minimum atomic E-state index is -0.248. The van der Waals surface area contributed by atoms with Gasteiger partial charge in [-0.05, 0) is 54.8 Å². The highest BCUT2D eigenvalue weighted by Gasteiger charge is 2.40. The van der Waals surface area contributed by atoms with Crippen molar-refractivity contribution in [1.29, 1.82) is 0 Å². The lowest BCUT2D eigenvalue weighted by Crippen LogP contribution is -2.56. The SMILES string of the molecule is CC(C)(C)N1C(=O)CCC(N)C1c1cncc(Br)c1. The first-order valence-electron chi connectivity index (χ1n) is 6.49. The third-order valence-electron chi connectivity index (χ3n) is 3.43. The summed E-state index contributed by atoms with van der Waals surface area (Å²) in [5.41, 5.74) is 7.02. The lowest BCUT2D eigenvalue weighted by molar-refractivity contribution is -0.144. The Balaban J connectivity index is 2.45. The Kier molecular flexibility index (Phi) is 3.97. The minimum absolute atomic E-state index is 0.0481. The molecule has 2 rings (SSSR count). The van der Waals surface area contributed by atoms with Crippen LogP contribution in [0.5, 0.6) is 0 Å². The Morgan fingerprint density at radius 3 is 2.68 bits per heavy atom. The molecule has 2 atom stereocenters. The fourth-order valence-corrected chi connectivity index (χ4v) is 3.08. The van der Waals surface area contributed by atoms with Crippen LogP contribution in [-0.2, 0) is 4.79 Å². The maximum absolute atomic E-state index is 12.3. The molecule has 0 aromatic carbocycles. The molecule has 0 aliphatic carbocycles. The van der Waals surface area contributed by atoms with Gasteiger partial charge in [-0.2, -0.15) is 0 Å². The molecule has 4 nitrogen and oxygen atoms in total. The molecule has 1 aliphatic heterocycles. The Hall–Kier alpha value is -0.940. The molecule has 0 spiro atoms. The van der Waals surface area contributed by atoms with Gasteiger partial charge in [-0.3, -0.25) is 9.78 Å². The third-order valence-corrected chi connectivity index (χ3v) is 3.87. The van der Waals surface area contributed by atoms with Gasteiger partial charge >= 0.3 is 0 Å². The number of halogens is 1. The van der Waals surface area contributed by atoms with Gasteiger partial charge in [-0.25, -0.2) is 0 Å². The van der Waals surface area contributed by atoms with Crippen molar-refractivity contribution in [2.24, 2.45) is 5.73 Å². The monoisotopic (exact) mass is 325 g/mol. The van der Waals surface area contributed by atoms with Crippen LogP contribution in [0.15, 0.2) is 22.9 Å². The predicted octanol–water partition coefficient (Wildman–Crippen LogP) is 2.63. The van der Waals surface area contributed by atoms with E-state index in [-0.39, 0.29) is 23.5 Å². The van der Waals surface area contributed by atoms with E-state index in [9.17, 15) is 4.79 Å². The molecule has 5 heteroatoms. The van der Waals surface area contributed by atoms with Crippen LogP contribution in [0.1, 0.15) is 45.2 Å². The number of pyridine rings is 1. The molecule has 2 unspecified atom stereocenters. The van der Waals surface area contributed by atoms with E-state index in [0.29, 0.717) is 6.42 Å². The van der Waals surface area contributed by atoms with Gasteiger partial charge in [0.15, 0.2) is 0 Å². The molecule has 2 N–H and O–H groups in total. The molecule has 19 heavy (non-hydrogen) atoms. The molecule has 1 amide bonds. The molecule has 104 valence electrons. The van der Waals surface area contributed by atoms with Gasteiger partial charge in [-0.15, -0.1) is 0 Å². The van der Waals surface area contributed by atoms with E-state index in [4.69, 9.17) is 5.73 Å². The number of piperidine rings is 1. The van der Waals surface area contributed by atoms with E-state index in [1.54, 1.807) is 12.4 Å². The van der Waals surface area contributed by atoms with Crippen molar-refractivity contribution < 1.29 is 4.79 Å². The van der Waals surface area contributed by atoms with E-state index in [1.807, 2.05) is 31.7 Å². The molecule has 1 fully saturated rings. The van der Waals surface area contributed by atoms with Gasteiger partial charge in [0.25, 0.3) is 0 Å². The maximum atomic E-state index is 12.3. The largest absolute Gasteiger partial charge is 0.329 e. The van der Waals surface area contributed by atoms with Crippen molar-refractivity contribution in [3.8, 4) is 0 Å². The first kappa shape index (κ1) is 14.5. The Bertz CT molecular complexity index is 484. The summed E-state index contributed by atoms with van der Waals surface area (Å²) in [6.07, 6.45) is 4.78. The van der Waals surface area contributed by atoms with Crippen molar-refractivity contribution >= 4 is 21.8 Å². The van der Waals surface area contributed by atoms with Gasteiger partial charge in [0.2, 0.25) is 5.91 Å². The summed E-state index contributed by atoms with van der Waals surface area (Å²) in [7, 11) is 0. The molecule has 0 saturated carbocycles. The average Bonchev–Trinajstić information content (AvgIpc) is 2.30. The van der Waals surface area contributed by atoms with Gasteiger partial charge < -0.3 is 10.6 Å². The number of nitrogens with zero attached hydrogens (tertiary/aromatic N) is 2. The summed E-state index contributed by atoms with van der Waals surface area (Å²) < 4.78 is 0.907. The number of hydrogen-bond acceptors (Lipinski definition) is 3. The molecule has 1 aliphatic rings. The summed E-state index contributed by atoms with van der Waals surface area (Å²) >= 11 is 3.43. The normalized spacial score (nSPS) is 24.7. The number of hydrogen-bond donors (Lipinski definition) is 1. The lowest BCUT2D eigenvalue weighted by Gasteiger charge is -2.47. The van der Waals surface area contributed by atoms with E-state index in [0.717, 1.165) is 16.5 Å². The van der Waals surface area contributed by atoms with E-state index in [1.165, 1.54) is 0 Å². The quantitative estimate of drug-likeness (QED) is 0.863. The topological polar surface area (TPSA) is 59.2 Å². The highest BCUT2D eigenvalue weighted by atomic mass is 79.9. The Morgan fingerprint density at radius 1 is 1.42 bits per heavy atom. The first-order chi connectivity index (χ1) is 8.80. The number of likely N-dealkylation sites (tertiary alicyclic amines) is 1. The van der Waals surface area contributed by atoms with Crippen LogP contribution in [0.25, 0.3) is 0 Å². The van der Waals surface area contributed by atoms with Crippen LogP contribution in [0, 0.1) is 0 Å². The maximum Gasteiger partial charge on any atom is 0.223 e. The number of amides is 1. The number of aromatic nitrogens is 1. The number of rotatable bonds is 1. The third kappa shape index (κ3) is 2.98. The van der Waals surface area contributed by atoms with Gasteiger partial charge in [0, 0.05) is 34.9 Å². The Labute approximate surface area is 122 Å². The molecular weight excluding hydrogens is 306 g/mol. The van der Waals surface area contributed by atoms with Gasteiger partial charge in [-0.1, -0.05) is 0 Å². The van der Waals surface area contributed by atoms with Gasteiger partial charge in [0.05, 0.1) is 6.04 Å². The zero-order valence-corrected chi connectivity index (χ0v) is 13.1. The molecule has 1 aromatic heterocycles. The van der Waals surface area contributed by atoms with Crippen molar-refractivity contribution in [2.75, 3.05) is 0 Å².